The summed E-state index contributed by atoms with van der Waals surface area (Å²) in [6.45, 7) is 5.98. The summed E-state index contributed by atoms with van der Waals surface area (Å²) in [5.74, 6) is 2.07. The van der Waals surface area contributed by atoms with Crippen LogP contribution in [-0.2, 0) is 13.1 Å². The zero-order chi connectivity index (χ0) is 18.0. The standard InChI is InChI=1S/C18H22N6OS/c1-9(2)24-12-7-23(26-3)6-11-15(22-25-16(11)10-4-5-10)13(12)14-17(19)20-8-21-18(14)24/h8-10H,4-7H2,1-3H3,(H2,19,20,21). The molecular weight excluding hydrogens is 348 g/mol. The molecule has 0 radical (unpaired) electrons. The summed E-state index contributed by atoms with van der Waals surface area (Å²) in [7, 11) is 0. The Labute approximate surface area is 156 Å². The van der Waals surface area contributed by atoms with E-state index in [1.165, 1.54) is 24.1 Å². The van der Waals surface area contributed by atoms with Crippen LogP contribution in [0.1, 0.15) is 55.7 Å². The van der Waals surface area contributed by atoms with Crippen molar-refractivity contribution >= 4 is 28.8 Å². The van der Waals surface area contributed by atoms with Gasteiger partial charge in [0.25, 0.3) is 0 Å². The molecule has 3 aromatic rings. The van der Waals surface area contributed by atoms with Gasteiger partial charge in [-0.25, -0.2) is 14.3 Å². The second-order valence-corrected chi connectivity index (χ2v) is 8.25. The maximum absolute atomic E-state index is 6.31. The van der Waals surface area contributed by atoms with E-state index >= 15 is 0 Å². The van der Waals surface area contributed by atoms with Gasteiger partial charge < -0.3 is 14.8 Å². The minimum Gasteiger partial charge on any atom is -0.383 e. The van der Waals surface area contributed by atoms with Crippen LogP contribution in [0.4, 0.5) is 5.82 Å². The van der Waals surface area contributed by atoms with Crippen molar-refractivity contribution in [1.82, 2.24) is 24.0 Å². The van der Waals surface area contributed by atoms with Gasteiger partial charge in [0.2, 0.25) is 0 Å². The fourth-order valence-electron chi connectivity index (χ4n) is 4.04. The lowest BCUT2D eigenvalue weighted by molar-refractivity contribution is 0.376. The van der Waals surface area contributed by atoms with Gasteiger partial charge in [-0.05, 0) is 32.9 Å². The van der Waals surface area contributed by atoms with Crippen LogP contribution in [0.3, 0.4) is 0 Å². The van der Waals surface area contributed by atoms with Crippen LogP contribution in [0.15, 0.2) is 10.9 Å². The molecule has 0 bridgehead atoms. The van der Waals surface area contributed by atoms with Gasteiger partial charge in [-0.1, -0.05) is 17.1 Å². The highest BCUT2D eigenvalue weighted by Crippen LogP contribution is 2.48. The van der Waals surface area contributed by atoms with Crippen molar-refractivity contribution in [3.8, 4) is 11.3 Å². The molecule has 0 saturated heterocycles. The van der Waals surface area contributed by atoms with Gasteiger partial charge in [0.05, 0.1) is 11.9 Å². The summed E-state index contributed by atoms with van der Waals surface area (Å²) < 4.78 is 10.5. The molecule has 2 N–H and O–H groups in total. The van der Waals surface area contributed by atoms with Crippen molar-refractivity contribution in [2.75, 3.05) is 12.0 Å². The van der Waals surface area contributed by atoms with E-state index in [0.717, 1.165) is 41.1 Å². The number of aromatic nitrogens is 4. The number of nitrogens with two attached hydrogens (primary N) is 1. The molecule has 0 amide bonds. The van der Waals surface area contributed by atoms with Crippen molar-refractivity contribution < 1.29 is 4.52 Å². The van der Waals surface area contributed by atoms with E-state index in [4.69, 9.17) is 10.3 Å². The molecule has 8 heteroatoms. The molecule has 0 aromatic carbocycles. The van der Waals surface area contributed by atoms with E-state index in [-0.39, 0.29) is 6.04 Å². The first kappa shape index (κ1) is 16.1. The van der Waals surface area contributed by atoms with E-state index in [1.54, 1.807) is 18.3 Å². The van der Waals surface area contributed by atoms with E-state index < -0.39 is 0 Å². The van der Waals surface area contributed by atoms with Gasteiger partial charge in [-0.2, -0.15) is 0 Å². The summed E-state index contributed by atoms with van der Waals surface area (Å²) in [4.78, 5) is 8.83. The highest BCUT2D eigenvalue weighted by atomic mass is 32.2. The molecule has 7 nitrogen and oxygen atoms in total. The van der Waals surface area contributed by atoms with Gasteiger partial charge in [0, 0.05) is 35.3 Å². The highest BCUT2D eigenvalue weighted by molar-refractivity contribution is 7.96. The normalized spacial score (nSPS) is 17.5. The Balaban J connectivity index is 1.88. The molecule has 136 valence electrons. The summed E-state index contributed by atoms with van der Waals surface area (Å²) in [6.07, 6.45) is 6.03. The zero-order valence-electron chi connectivity index (χ0n) is 15.2. The quantitative estimate of drug-likeness (QED) is 0.703. The maximum Gasteiger partial charge on any atom is 0.146 e. The molecule has 4 heterocycles. The van der Waals surface area contributed by atoms with Gasteiger partial charge in [0.15, 0.2) is 0 Å². The highest BCUT2D eigenvalue weighted by Gasteiger charge is 2.37. The lowest BCUT2D eigenvalue weighted by Gasteiger charge is -2.20. The van der Waals surface area contributed by atoms with E-state index in [0.29, 0.717) is 11.7 Å². The zero-order valence-corrected chi connectivity index (χ0v) is 16.0. The van der Waals surface area contributed by atoms with Crippen LogP contribution in [0.5, 0.6) is 0 Å². The Bertz CT molecular complexity index is 1000. The fourth-order valence-corrected chi connectivity index (χ4v) is 4.55. The first-order chi connectivity index (χ1) is 12.6. The lowest BCUT2D eigenvalue weighted by Crippen LogP contribution is -2.17. The van der Waals surface area contributed by atoms with Crippen LogP contribution >= 0.6 is 11.9 Å². The summed E-state index contributed by atoms with van der Waals surface area (Å²) >= 11 is 1.75. The SMILES string of the molecule is CSN1Cc2c(noc2C2CC2)-c2c(n(C(C)C)c3ncnc(N)c23)C1. The predicted molar refractivity (Wildman–Crippen MR) is 103 cm³/mol. The van der Waals surface area contributed by atoms with E-state index in [9.17, 15) is 0 Å². The number of hydrogen-bond donors (Lipinski definition) is 1. The molecule has 0 unspecified atom stereocenters. The van der Waals surface area contributed by atoms with E-state index in [2.05, 4.69) is 44.1 Å². The first-order valence-corrected chi connectivity index (χ1v) is 10.2. The Morgan fingerprint density at radius 1 is 1.27 bits per heavy atom. The molecule has 5 rings (SSSR count). The third kappa shape index (κ3) is 2.21. The van der Waals surface area contributed by atoms with Crippen LogP contribution in [0, 0.1) is 0 Å². The first-order valence-electron chi connectivity index (χ1n) is 9.01. The third-order valence-corrected chi connectivity index (χ3v) is 6.13. The number of nitrogens with zero attached hydrogens (tertiary/aromatic N) is 5. The Kier molecular flexibility index (Phi) is 3.55. The van der Waals surface area contributed by atoms with Crippen molar-refractivity contribution in [2.24, 2.45) is 0 Å². The average Bonchev–Trinajstić information content (AvgIpc) is 3.32. The maximum atomic E-state index is 6.31. The smallest absolute Gasteiger partial charge is 0.146 e. The molecule has 3 aromatic heterocycles. The Morgan fingerprint density at radius 2 is 2.08 bits per heavy atom. The van der Waals surface area contributed by atoms with Crippen molar-refractivity contribution in [3.63, 3.8) is 0 Å². The molecule has 26 heavy (non-hydrogen) atoms. The number of nitrogen functional groups attached to an aromatic ring is 1. The van der Waals surface area contributed by atoms with Crippen molar-refractivity contribution in [2.45, 2.75) is 51.7 Å². The van der Waals surface area contributed by atoms with Gasteiger partial charge in [0.1, 0.15) is 29.2 Å². The topological polar surface area (TPSA) is 86.0 Å². The van der Waals surface area contributed by atoms with Crippen LogP contribution < -0.4 is 5.73 Å². The van der Waals surface area contributed by atoms with Crippen LogP contribution in [0.2, 0.25) is 0 Å². The van der Waals surface area contributed by atoms with Crippen molar-refractivity contribution in [1.29, 1.82) is 0 Å². The van der Waals surface area contributed by atoms with Gasteiger partial charge in [-0.15, -0.1) is 0 Å². The molecule has 1 saturated carbocycles. The molecule has 1 aliphatic carbocycles. The Hall–Kier alpha value is -2.06. The number of anilines is 1. The Morgan fingerprint density at radius 3 is 2.77 bits per heavy atom. The monoisotopic (exact) mass is 370 g/mol. The van der Waals surface area contributed by atoms with Crippen LogP contribution in [-0.4, -0.2) is 30.3 Å². The summed E-state index contributed by atoms with van der Waals surface area (Å²) in [6, 6.07) is 0.260. The van der Waals surface area contributed by atoms with E-state index in [1.807, 2.05) is 0 Å². The average molecular weight is 370 g/mol. The number of hydrogen-bond acceptors (Lipinski definition) is 7. The predicted octanol–water partition coefficient (Wildman–Crippen LogP) is 3.72. The molecule has 0 spiro atoms. The molecule has 1 fully saturated rings. The molecule has 0 atom stereocenters. The second-order valence-electron chi connectivity index (χ2n) is 7.37. The second kappa shape index (κ2) is 5.72. The fraction of sp³-hybridized carbons (Fsp3) is 0.500. The van der Waals surface area contributed by atoms with Gasteiger partial charge in [-0.3, -0.25) is 0 Å². The van der Waals surface area contributed by atoms with Gasteiger partial charge >= 0.3 is 0 Å². The molecule has 2 aliphatic rings. The molecular formula is C18H22N6OS. The van der Waals surface area contributed by atoms with Crippen LogP contribution in [0.25, 0.3) is 22.3 Å². The summed E-state index contributed by atoms with van der Waals surface area (Å²) in [5, 5.41) is 5.42. The lowest BCUT2D eigenvalue weighted by atomic mass is 10.0. The van der Waals surface area contributed by atoms with Crippen molar-refractivity contribution in [3.05, 3.63) is 23.3 Å². The third-order valence-electron chi connectivity index (χ3n) is 5.35. The minimum atomic E-state index is 0.260. The summed E-state index contributed by atoms with van der Waals surface area (Å²) in [5.41, 5.74) is 11.5. The molecule has 1 aliphatic heterocycles. The number of fused-ring (bicyclic) bond motifs is 5. The largest absolute Gasteiger partial charge is 0.383 e. The minimum absolute atomic E-state index is 0.260. The number of rotatable bonds is 3.